The summed E-state index contributed by atoms with van der Waals surface area (Å²) in [6, 6.07) is 15.7. The maximum atomic E-state index is 12.7. The van der Waals surface area contributed by atoms with Crippen molar-refractivity contribution in [3.63, 3.8) is 0 Å². The van der Waals surface area contributed by atoms with Crippen LogP contribution in [0.5, 0.6) is 5.75 Å². The van der Waals surface area contributed by atoms with Crippen molar-refractivity contribution >= 4 is 46.3 Å². The summed E-state index contributed by atoms with van der Waals surface area (Å²) in [6.45, 7) is 2.78. The van der Waals surface area contributed by atoms with Crippen LogP contribution in [-0.2, 0) is 16.2 Å². The van der Waals surface area contributed by atoms with Crippen LogP contribution in [-0.4, -0.2) is 32.7 Å². The molecule has 1 N–H and O–H groups in total. The fourth-order valence-electron chi connectivity index (χ4n) is 2.80. The van der Waals surface area contributed by atoms with Crippen LogP contribution in [0.4, 0.5) is 0 Å². The summed E-state index contributed by atoms with van der Waals surface area (Å²) >= 11 is 6.52. The second kappa shape index (κ2) is 9.71. The van der Waals surface area contributed by atoms with Crippen molar-refractivity contribution in [3.8, 4) is 5.75 Å². The van der Waals surface area contributed by atoms with Crippen LogP contribution in [0.25, 0.3) is 6.08 Å². The number of ether oxygens (including phenoxy) is 1. The summed E-state index contributed by atoms with van der Waals surface area (Å²) in [6.07, 6.45) is 2.15. The smallest absolute Gasteiger partial charge is 0.303 e. The average Bonchev–Trinajstić information content (AvgIpc) is 2.95. The van der Waals surface area contributed by atoms with Gasteiger partial charge in [0.2, 0.25) is 0 Å². The largest absolute Gasteiger partial charge is 0.488 e. The van der Waals surface area contributed by atoms with Crippen LogP contribution in [0.3, 0.4) is 0 Å². The molecule has 150 valence electrons. The van der Waals surface area contributed by atoms with E-state index in [1.54, 1.807) is 6.08 Å². The molecule has 1 fully saturated rings. The first-order valence-electron chi connectivity index (χ1n) is 9.18. The first-order chi connectivity index (χ1) is 13.9. The molecule has 1 aliphatic heterocycles. The lowest BCUT2D eigenvalue weighted by Crippen LogP contribution is -2.29. The molecule has 0 radical (unpaired) electrons. The van der Waals surface area contributed by atoms with Crippen LogP contribution in [0.15, 0.2) is 53.4 Å². The van der Waals surface area contributed by atoms with Crippen LogP contribution < -0.4 is 4.74 Å². The van der Waals surface area contributed by atoms with Crippen molar-refractivity contribution in [2.24, 2.45) is 0 Å². The Morgan fingerprint density at radius 2 is 1.93 bits per heavy atom. The highest BCUT2D eigenvalue weighted by Crippen LogP contribution is 2.34. The van der Waals surface area contributed by atoms with Crippen LogP contribution in [0.1, 0.15) is 29.5 Å². The number of rotatable bonds is 8. The summed E-state index contributed by atoms with van der Waals surface area (Å²) in [5.74, 6) is -0.395. The first-order valence-corrected chi connectivity index (χ1v) is 10.4. The zero-order chi connectivity index (χ0) is 20.8. The number of amides is 1. The number of carboxylic acids is 1. The number of benzene rings is 2. The van der Waals surface area contributed by atoms with E-state index in [0.717, 1.165) is 11.1 Å². The maximum absolute atomic E-state index is 12.7. The highest BCUT2D eigenvalue weighted by atomic mass is 32.2. The summed E-state index contributed by atoms with van der Waals surface area (Å²) in [4.78, 5) is 25.3. The van der Waals surface area contributed by atoms with Crippen molar-refractivity contribution < 1.29 is 19.4 Å². The van der Waals surface area contributed by atoms with E-state index in [1.165, 1.54) is 22.2 Å². The minimum atomic E-state index is -0.884. The number of aryl methyl sites for hydroxylation is 1. The van der Waals surface area contributed by atoms with Gasteiger partial charge in [0.25, 0.3) is 5.91 Å². The van der Waals surface area contributed by atoms with Gasteiger partial charge in [0.1, 0.15) is 16.7 Å². The van der Waals surface area contributed by atoms with Gasteiger partial charge in [-0.25, -0.2) is 0 Å². The SMILES string of the molecule is Cc1ccc(COc2ccccc2C=C2SC(=S)N(CCCC(=O)O)C2=O)cc1. The minimum Gasteiger partial charge on any atom is -0.488 e. The van der Waals surface area contributed by atoms with Gasteiger partial charge < -0.3 is 9.84 Å². The normalized spacial score (nSPS) is 15.2. The van der Waals surface area contributed by atoms with E-state index in [4.69, 9.17) is 22.1 Å². The number of aliphatic carboxylic acids is 1. The van der Waals surface area contributed by atoms with E-state index in [1.807, 2.05) is 55.5 Å². The molecular weight excluding hydrogens is 406 g/mol. The molecule has 0 atom stereocenters. The van der Waals surface area contributed by atoms with Crippen molar-refractivity contribution in [2.45, 2.75) is 26.4 Å². The van der Waals surface area contributed by atoms with Gasteiger partial charge in [-0.1, -0.05) is 72.0 Å². The highest BCUT2D eigenvalue weighted by molar-refractivity contribution is 8.26. The standard InChI is InChI=1S/C22H21NO4S2/c1-15-8-10-16(11-9-15)14-27-18-6-3-2-5-17(18)13-19-21(26)23(22(28)29-19)12-4-7-20(24)25/h2-3,5-6,8-11,13H,4,7,12,14H2,1H3,(H,24,25). The zero-order valence-corrected chi connectivity index (χ0v) is 17.6. The second-order valence-corrected chi connectivity index (χ2v) is 8.32. The summed E-state index contributed by atoms with van der Waals surface area (Å²) in [5, 5.41) is 8.78. The summed E-state index contributed by atoms with van der Waals surface area (Å²) in [5.41, 5.74) is 3.06. The van der Waals surface area contributed by atoms with E-state index < -0.39 is 5.97 Å². The molecule has 0 bridgehead atoms. The van der Waals surface area contributed by atoms with Gasteiger partial charge in [-0.3, -0.25) is 14.5 Å². The van der Waals surface area contributed by atoms with Crippen molar-refractivity contribution in [1.29, 1.82) is 0 Å². The van der Waals surface area contributed by atoms with Gasteiger partial charge in [0.15, 0.2) is 0 Å². The second-order valence-electron chi connectivity index (χ2n) is 6.64. The van der Waals surface area contributed by atoms with E-state index in [2.05, 4.69) is 0 Å². The molecule has 0 saturated carbocycles. The molecule has 0 aliphatic carbocycles. The topological polar surface area (TPSA) is 66.8 Å². The Morgan fingerprint density at radius 1 is 1.21 bits per heavy atom. The molecule has 2 aromatic carbocycles. The molecule has 7 heteroatoms. The third-order valence-corrected chi connectivity index (χ3v) is 5.74. The van der Waals surface area contributed by atoms with Gasteiger partial charge in [0, 0.05) is 18.5 Å². The Kier molecular flexibility index (Phi) is 7.06. The third kappa shape index (κ3) is 5.68. The number of para-hydroxylation sites is 1. The Bertz CT molecular complexity index is 954. The Morgan fingerprint density at radius 3 is 2.66 bits per heavy atom. The highest BCUT2D eigenvalue weighted by Gasteiger charge is 2.31. The molecule has 29 heavy (non-hydrogen) atoms. The molecule has 0 aromatic heterocycles. The fourth-order valence-corrected chi connectivity index (χ4v) is 4.10. The first kappa shape index (κ1) is 21.1. The van der Waals surface area contributed by atoms with Crippen LogP contribution in [0.2, 0.25) is 0 Å². The molecule has 0 unspecified atom stereocenters. The van der Waals surface area contributed by atoms with Gasteiger partial charge in [-0.05, 0) is 31.1 Å². The maximum Gasteiger partial charge on any atom is 0.303 e. The van der Waals surface area contributed by atoms with Gasteiger partial charge in [-0.2, -0.15) is 0 Å². The molecule has 0 spiro atoms. The van der Waals surface area contributed by atoms with Crippen molar-refractivity contribution in [1.82, 2.24) is 4.90 Å². The Hall–Kier alpha value is -2.64. The number of hydrogen-bond acceptors (Lipinski definition) is 5. The molecule has 1 aliphatic rings. The van der Waals surface area contributed by atoms with Gasteiger partial charge >= 0.3 is 5.97 Å². The number of thiocarbonyl (C=S) groups is 1. The number of hydrogen-bond donors (Lipinski definition) is 1. The number of carbonyl (C=O) groups excluding carboxylic acids is 1. The lowest BCUT2D eigenvalue weighted by molar-refractivity contribution is -0.137. The summed E-state index contributed by atoms with van der Waals surface area (Å²) < 4.78 is 6.43. The van der Waals surface area contributed by atoms with Crippen LogP contribution >= 0.6 is 24.0 Å². The molecule has 5 nitrogen and oxygen atoms in total. The van der Waals surface area contributed by atoms with Crippen LogP contribution in [0, 0.1) is 6.92 Å². The number of nitrogens with zero attached hydrogens (tertiary/aromatic N) is 1. The molecule has 1 saturated heterocycles. The van der Waals surface area contributed by atoms with Crippen molar-refractivity contribution in [3.05, 3.63) is 70.1 Å². The predicted molar refractivity (Wildman–Crippen MR) is 119 cm³/mol. The Balaban J connectivity index is 1.71. The molecule has 1 amide bonds. The van der Waals surface area contributed by atoms with E-state index >= 15 is 0 Å². The fraction of sp³-hybridized carbons (Fsp3) is 0.227. The zero-order valence-electron chi connectivity index (χ0n) is 16.0. The minimum absolute atomic E-state index is 0.00575. The van der Waals surface area contributed by atoms with Gasteiger partial charge in [0.05, 0.1) is 4.91 Å². The quantitative estimate of drug-likeness (QED) is 0.489. The molecule has 2 aromatic rings. The van der Waals surface area contributed by atoms with E-state index in [-0.39, 0.29) is 12.3 Å². The monoisotopic (exact) mass is 427 g/mol. The predicted octanol–water partition coefficient (Wildman–Crippen LogP) is 4.64. The molecular formula is C22H21NO4S2. The van der Waals surface area contributed by atoms with E-state index in [9.17, 15) is 9.59 Å². The summed E-state index contributed by atoms with van der Waals surface area (Å²) in [7, 11) is 0. The third-order valence-electron chi connectivity index (χ3n) is 4.37. The van der Waals surface area contributed by atoms with Crippen molar-refractivity contribution in [2.75, 3.05) is 6.54 Å². The molecule has 3 rings (SSSR count). The average molecular weight is 428 g/mol. The van der Waals surface area contributed by atoms with Gasteiger partial charge in [-0.15, -0.1) is 0 Å². The number of carboxylic acid groups (broad SMARTS) is 1. The lowest BCUT2D eigenvalue weighted by Gasteiger charge is -2.13. The Labute approximate surface area is 179 Å². The lowest BCUT2D eigenvalue weighted by atomic mass is 10.1. The molecule has 1 heterocycles. The number of thioether (sulfide) groups is 1. The number of carbonyl (C=O) groups is 2. The van der Waals surface area contributed by atoms with E-state index in [0.29, 0.717) is 34.5 Å².